The van der Waals surface area contributed by atoms with Gasteiger partial charge >= 0.3 is 5.97 Å². The van der Waals surface area contributed by atoms with Crippen LogP contribution in [0.25, 0.3) is 11.5 Å². The average molecular weight is 477 g/mol. The Morgan fingerprint density at radius 2 is 2.11 bits per heavy atom. The van der Waals surface area contributed by atoms with Crippen molar-refractivity contribution in [3.05, 3.63) is 72.3 Å². The summed E-state index contributed by atoms with van der Waals surface area (Å²) in [6, 6.07) is 11.7. The van der Waals surface area contributed by atoms with Gasteiger partial charge in [0, 0.05) is 38.8 Å². The molecule has 0 saturated carbocycles. The first-order valence-corrected chi connectivity index (χ1v) is 12.0. The molecule has 0 bridgehead atoms. The largest absolute Gasteiger partial charge is 0.493 e. The summed E-state index contributed by atoms with van der Waals surface area (Å²) in [5.41, 5.74) is 2.70. The molecule has 1 aliphatic heterocycles. The van der Waals surface area contributed by atoms with Crippen LogP contribution < -0.4 is 9.64 Å². The summed E-state index contributed by atoms with van der Waals surface area (Å²) < 4.78 is 11.9. The number of nitrogens with zero attached hydrogens (tertiary/aromatic N) is 4. The maximum Gasteiger partial charge on any atom is 0.317 e. The van der Waals surface area contributed by atoms with Gasteiger partial charge in [-0.1, -0.05) is 18.2 Å². The Balaban J connectivity index is 1.33. The van der Waals surface area contributed by atoms with Crippen LogP contribution in [0.15, 0.2) is 59.7 Å². The van der Waals surface area contributed by atoms with E-state index in [0.29, 0.717) is 32.0 Å². The van der Waals surface area contributed by atoms with Crippen LogP contribution in [-0.4, -0.2) is 58.7 Å². The standard InChI is InChI=1S/C27H32N4O4/c1-3-12-30(19-26(32)33)18-21-7-6-8-23(16-21)34-15-11-24-20(2)35-27(29-24)22-9-10-25(28-17-22)31-13-4-5-14-31/h3,6-10,16-17H,1,4-5,11-15,18-19H2,2H3,(H,32,33). The molecule has 1 saturated heterocycles. The zero-order valence-electron chi connectivity index (χ0n) is 20.2. The van der Waals surface area contributed by atoms with Gasteiger partial charge in [-0.25, -0.2) is 9.97 Å². The number of carboxylic acid groups (broad SMARTS) is 1. The van der Waals surface area contributed by atoms with Crippen molar-refractivity contribution >= 4 is 11.8 Å². The van der Waals surface area contributed by atoms with E-state index in [1.807, 2.05) is 49.5 Å². The number of hydrogen-bond acceptors (Lipinski definition) is 7. The third-order valence-electron chi connectivity index (χ3n) is 5.98. The van der Waals surface area contributed by atoms with Crippen LogP contribution in [0.5, 0.6) is 5.75 Å². The molecule has 3 heterocycles. The highest BCUT2D eigenvalue weighted by Crippen LogP contribution is 2.25. The second kappa shape index (κ2) is 11.7. The highest BCUT2D eigenvalue weighted by atomic mass is 16.5. The molecule has 1 fully saturated rings. The first-order valence-electron chi connectivity index (χ1n) is 12.0. The van der Waals surface area contributed by atoms with Crippen molar-refractivity contribution in [1.82, 2.24) is 14.9 Å². The topological polar surface area (TPSA) is 91.9 Å². The van der Waals surface area contributed by atoms with Gasteiger partial charge in [0.05, 0.1) is 24.4 Å². The fraction of sp³-hybridized carbons (Fsp3) is 0.370. The van der Waals surface area contributed by atoms with Crippen molar-refractivity contribution in [3.63, 3.8) is 0 Å². The van der Waals surface area contributed by atoms with E-state index in [2.05, 4.69) is 21.4 Å². The van der Waals surface area contributed by atoms with Crippen LogP contribution in [0.3, 0.4) is 0 Å². The highest BCUT2D eigenvalue weighted by molar-refractivity contribution is 5.69. The number of aliphatic carboxylic acids is 1. The molecule has 1 aromatic carbocycles. The SMILES string of the molecule is C=CCN(CC(=O)O)Cc1cccc(OCCc2nc(-c3ccc(N4CCCC4)nc3)oc2C)c1. The minimum absolute atomic E-state index is 0.0403. The van der Waals surface area contributed by atoms with Crippen molar-refractivity contribution in [3.8, 4) is 17.2 Å². The number of carbonyl (C=O) groups is 1. The summed E-state index contributed by atoms with van der Waals surface area (Å²) in [5, 5.41) is 9.10. The monoisotopic (exact) mass is 476 g/mol. The van der Waals surface area contributed by atoms with E-state index in [-0.39, 0.29) is 6.54 Å². The second-order valence-electron chi connectivity index (χ2n) is 8.72. The molecule has 0 atom stereocenters. The van der Waals surface area contributed by atoms with E-state index in [0.717, 1.165) is 47.2 Å². The third kappa shape index (κ3) is 6.70. The Labute approximate surface area is 205 Å². The molecule has 35 heavy (non-hydrogen) atoms. The summed E-state index contributed by atoms with van der Waals surface area (Å²) in [7, 11) is 0. The fourth-order valence-corrected chi connectivity index (χ4v) is 4.25. The molecule has 184 valence electrons. The predicted octanol–water partition coefficient (Wildman–Crippen LogP) is 4.34. The average Bonchev–Trinajstić information content (AvgIpc) is 3.50. The Bertz CT molecular complexity index is 1140. The van der Waals surface area contributed by atoms with Gasteiger partial charge in [0.15, 0.2) is 0 Å². The van der Waals surface area contributed by atoms with Crippen LogP contribution in [0.1, 0.15) is 29.9 Å². The van der Waals surface area contributed by atoms with Gasteiger partial charge in [-0.15, -0.1) is 6.58 Å². The Kier molecular flexibility index (Phi) is 8.15. The van der Waals surface area contributed by atoms with Gasteiger partial charge in [-0.3, -0.25) is 9.69 Å². The van der Waals surface area contributed by atoms with E-state index in [4.69, 9.17) is 14.3 Å². The number of aryl methyl sites for hydroxylation is 1. The summed E-state index contributed by atoms with van der Waals surface area (Å²) in [6.07, 6.45) is 6.58. The lowest BCUT2D eigenvalue weighted by atomic mass is 10.2. The van der Waals surface area contributed by atoms with Crippen molar-refractivity contribution in [1.29, 1.82) is 0 Å². The lowest BCUT2D eigenvalue weighted by Gasteiger charge is -2.18. The molecule has 0 amide bonds. The molecule has 2 aromatic heterocycles. The molecule has 0 radical (unpaired) electrons. The van der Waals surface area contributed by atoms with Gasteiger partial charge in [0.1, 0.15) is 17.3 Å². The highest BCUT2D eigenvalue weighted by Gasteiger charge is 2.16. The number of aromatic nitrogens is 2. The molecule has 0 unspecified atom stereocenters. The molecular weight excluding hydrogens is 444 g/mol. The maximum absolute atomic E-state index is 11.1. The van der Waals surface area contributed by atoms with Crippen LogP contribution >= 0.6 is 0 Å². The first-order chi connectivity index (χ1) is 17.0. The third-order valence-corrected chi connectivity index (χ3v) is 5.98. The van der Waals surface area contributed by atoms with Gasteiger partial charge in [-0.2, -0.15) is 0 Å². The van der Waals surface area contributed by atoms with Crippen molar-refractivity contribution in [2.24, 2.45) is 0 Å². The molecule has 1 N–H and O–H groups in total. The second-order valence-corrected chi connectivity index (χ2v) is 8.72. The van der Waals surface area contributed by atoms with Gasteiger partial charge < -0.3 is 19.2 Å². The Morgan fingerprint density at radius 1 is 1.29 bits per heavy atom. The van der Waals surface area contributed by atoms with Crippen LogP contribution in [0, 0.1) is 6.92 Å². The first kappa shape index (κ1) is 24.5. The molecule has 4 rings (SSSR count). The zero-order valence-corrected chi connectivity index (χ0v) is 20.2. The van der Waals surface area contributed by atoms with Crippen LogP contribution in [-0.2, 0) is 17.8 Å². The molecule has 0 spiro atoms. The summed E-state index contributed by atoms with van der Waals surface area (Å²) in [6.45, 7) is 9.16. The number of carboxylic acids is 1. The van der Waals surface area contributed by atoms with Crippen molar-refractivity contribution in [2.45, 2.75) is 32.7 Å². The quantitative estimate of drug-likeness (QED) is 0.386. The van der Waals surface area contributed by atoms with Gasteiger partial charge in [-0.05, 0) is 49.6 Å². The number of hydrogen-bond donors (Lipinski definition) is 1. The van der Waals surface area contributed by atoms with Gasteiger partial charge in [0.2, 0.25) is 5.89 Å². The predicted molar refractivity (Wildman–Crippen MR) is 135 cm³/mol. The Hall–Kier alpha value is -3.65. The van der Waals surface area contributed by atoms with Crippen molar-refractivity contribution in [2.75, 3.05) is 37.7 Å². The van der Waals surface area contributed by atoms with E-state index in [1.165, 1.54) is 12.8 Å². The van der Waals surface area contributed by atoms with E-state index < -0.39 is 5.97 Å². The van der Waals surface area contributed by atoms with E-state index in [9.17, 15) is 4.79 Å². The lowest BCUT2D eigenvalue weighted by Crippen LogP contribution is -2.29. The fourth-order valence-electron chi connectivity index (χ4n) is 4.25. The molecule has 3 aromatic rings. The number of oxazole rings is 1. The normalized spacial score (nSPS) is 13.4. The molecule has 8 nitrogen and oxygen atoms in total. The zero-order chi connectivity index (χ0) is 24.6. The summed E-state index contributed by atoms with van der Waals surface area (Å²) >= 11 is 0. The molecular formula is C27H32N4O4. The number of benzene rings is 1. The van der Waals surface area contributed by atoms with E-state index in [1.54, 1.807) is 11.0 Å². The molecule has 1 aliphatic rings. The molecule has 8 heteroatoms. The van der Waals surface area contributed by atoms with Crippen LogP contribution in [0.4, 0.5) is 5.82 Å². The minimum atomic E-state index is -0.861. The Morgan fingerprint density at radius 3 is 2.83 bits per heavy atom. The van der Waals surface area contributed by atoms with Crippen molar-refractivity contribution < 1.29 is 19.1 Å². The van der Waals surface area contributed by atoms with Crippen LogP contribution in [0.2, 0.25) is 0 Å². The molecule has 0 aliphatic carbocycles. The maximum atomic E-state index is 11.1. The van der Waals surface area contributed by atoms with Gasteiger partial charge in [0.25, 0.3) is 0 Å². The number of rotatable bonds is 12. The van der Waals surface area contributed by atoms with E-state index >= 15 is 0 Å². The number of pyridine rings is 1. The number of ether oxygens (including phenoxy) is 1. The summed E-state index contributed by atoms with van der Waals surface area (Å²) in [5.74, 6) is 2.22. The number of anilines is 1. The smallest absolute Gasteiger partial charge is 0.317 e. The summed E-state index contributed by atoms with van der Waals surface area (Å²) in [4.78, 5) is 24.5. The minimum Gasteiger partial charge on any atom is -0.493 e. The lowest BCUT2D eigenvalue weighted by molar-refractivity contribution is -0.138.